The van der Waals surface area contributed by atoms with E-state index in [1.165, 1.54) is 12.8 Å². The molecule has 5 rings (SSSR count). The van der Waals surface area contributed by atoms with Gasteiger partial charge < -0.3 is 10.6 Å². The van der Waals surface area contributed by atoms with E-state index in [-0.39, 0.29) is 30.2 Å². The molecule has 3 heterocycles. The highest BCUT2D eigenvalue weighted by atomic mass is 35.5. The molecule has 3 aromatic rings. The molecule has 1 saturated heterocycles. The van der Waals surface area contributed by atoms with Crippen molar-refractivity contribution in [2.24, 2.45) is 13.0 Å². The maximum atomic E-state index is 12.8. The van der Waals surface area contributed by atoms with Crippen molar-refractivity contribution in [3.63, 3.8) is 0 Å². The zero-order valence-electron chi connectivity index (χ0n) is 16.1. The van der Waals surface area contributed by atoms with Crippen molar-refractivity contribution in [2.45, 2.75) is 24.7 Å². The molecule has 2 aromatic heterocycles. The summed E-state index contributed by atoms with van der Waals surface area (Å²) >= 11 is 0. The summed E-state index contributed by atoms with van der Waals surface area (Å²) in [7, 11) is 1.89. The van der Waals surface area contributed by atoms with Crippen molar-refractivity contribution in [1.29, 1.82) is 0 Å². The summed E-state index contributed by atoms with van der Waals surface area (Å²) < 4.78 is 1.78. The molecule has 9 heteroatoms. The van der Waals surface area contributed by atoms with E-state index in [0.29, 0.717) is 18.3 Å². The van der Waals surface area contributed by atoms with Gasteiger partial charge in [-0.3, -0.25) is 14.6 Å². The van der Waals surface area contributed by atoms with Crippen LogP contribution in [-0.2, 0) is 11.8 Å². The molecule has 0 spiro atoms. The lowest BCUT2D eigenvalue weighted by Crippen LogP contribution is -2.28. The first-order chi connectivity index (χ1) is 13.7. The Morgan fingerprint density at radius 2 is 2.00 bits per heavy atom. The Balaban J connectivity index is 0.00000205. The zero-order chi connectivity index (χ0) is 19.1. The number of hydrogen-bond donors (Lipinski definition) is 3. The van der Waals surface area contributed by atoms with Crippen molar-refractivity contribution in [3.05, 3.63) is 48.0 Å². The van der Waals surface area contributed by atoms with Crippen molar-refractivity contribution in [3.8, 4) is 11.4 Å². The van der Waals surface area contributed by atoms with Crippen LogP contribution in [0, 0.1) is 5.92 Å². The van der Waals surface area contributed by atoms with Gasteiger partial charge in [0.05, 0.1) is 12.1 Å². The van der Waals surface area contributed by atoms with Crippen LogP contribution in [-0.4, -0.2) is 44.0 Å². The topological polar surface area (TPSA) is 101 Å². The number of carbonyl (C=O) groups is 1. The minimum absolute atomic E-state index is 0. The van der Waals surface area contributed by atoms with Gasteiger partial charge in [0.2, 0.25) is 5.91 Å². The third-order valence-electron chi connectivity index (χ3n) is 5.58. The third-order valence-corrected chi connectivity index (χ3v) is 5.58. The molecule has 1 aliphatic carbocycles. The van der Waals surface area contributed by atoms with Gasteiger partial charge in [0, 0.05) is 49.4 Å². The zero-order valence-corrected chi connectivity index (χ0v) is 16.9. The molecule has 29 heavy (non-hydrogen) atoms. The second kappa shape index (κ2) is 7.96. The summed E-state index contributed by atoms with van der Waals surface area (Å²) in [4.78, 5) is 17.4. The Morgan fingerprint density at radius 3 is 2.69 bits per heavy atom. The maximum Gasteiger partial charge on any atom is 0.229 e. The SMILES string of the molecule is Cl.Cn1cc([C@H]2CNC[C@@H]2C(=O)Nc2ccc(-c3n[nH]c(C4CC4)n3)cc2)cn1. The molecule has 152 valence electrons. The van der Waals surface area contributed by atoms with E-state index in [9.17, 15) is 4.79 Å². The standard InChI is InChI=1S/C20H23N7O.ClH/c1-27-11-14(8-22-27)16-9-21-10-17(16)20(28)23-15-6-4-13(5-7-15)19-24-18(25-26-19)12-2-3-12;/h4-8,11-12,16-17,21H,2-3,9-10H2,1H3,(H,23,28)(H,24,25,26);1H/t16-,17+;/m1./s1. The van der Waals surface area contributed by atoms with Crippen LogP contribution in [0.4, 0.5) is 5.69 Å². The lowest BCUT2D eigenvalue weighted by atomic mass is 9.90. The Kier molecular flexibility index (Phi) is 5.38. The van der Waals surface area contributed by atoms with Crippen molar-refractivity contribution in [1.82, 2.24) is 30.3 Å². The fourth-order valence-electron chi connectivity index (χ4n) is 3.82. The number of nitrogens with zero attached hydrogens (tertiary/aromatic N) is 4. The number of benzene rings is 1. The van der Waals surface area contributed by atoms with E-state index < -0.39 is 0 Å². The van der Waals surface area contributed by atoms with E-state index in [1.54, 1.807) is 4.68 Å². The molecule has 2 atom stereocenters. The summed E-state index contributed by atoms with van der Waals surface area (Å²) in [6.45, 7) is 1.46. The smallest absolute Gasteiger partial charge is 0.229 e. The van der Waals surface area contributed by atoms with E-state index in [0.717, 1.165) is 29.2 Å². The molecule has 3 N–H and O–H groups in total. The number of amides is 1. The van der Waals surface area contributed by atoms with Crippen molar-refractivity contribution < 1.29 is 4.79 Å². The molecule has 2 aliphatic rings. The minimum Gasteiger partial charge on any atom is -0.326 e. The molecule has 0 radical (unpaired) electrons. The van der Waals surface area contributed by atoms with Gasteiger partial charge in [-0.05, 0) is 42.7 Å². The van der Waals surface area contributed by atoms with Gasteiger partial charge in [-0.1, -0.05) is 0 Å². The van der Waals surface area contributed by atoms with Crippen LogP contribution in [0.1, 0.15) is 36.1 Å². The maximum absolute atomic E-state index is 12.8. The predicted octanol–water partition coefficient (Wildman–Crippen LogP) is 2.45. The Hall–Kier alpha value is -2.71. The third kappa shape index (κ3) is 4.04. The van der Waals surface area contributed by atoms with Crippen LogP contribution < -0.4 is 10.6 Å². The highest BCUT2D eigenvalue weighted by molar-refractivity contribution is 5.93. The van der Waals surface area contributed by atoms with Gasteiger partial charge in [-0.25, -0.2) is 4.98 Å². The molecular weight excluding hydrogens is 390 g/mol. The number of hydrogen-bond acceptors (Lipinski definition) is 5. The second-order valence-corrected chi connectivity index (χ2v) is 7.70. The summed E-state index contributed by atoms with van der Waals surface area (Å²) in [6, 6.07) is 7.70. The Morgan fingerprint density at radius 1 is 1.21 bits per heavy atom. The van der Waals surface area contributed by atoms with Gasteiger partial charge in [-0.2, -0.15) is 10.2 Å². The van der Waals surface area contributed by atoms with Crippen LogP contribution in [0.5, 0.6) is 0 Å². The highest BCUT2D eigenvalue weighted by Gasteiger charge is 2.34. The number of aromatic nitrogens is 5. The van der Waals surface area contributed by atoms with Crippen LogP contribution in [0.2, 0.25) is 0 Å². The summed E-state index contributed by atoms with van der Waals surface area (Å²) in [5, 5.41) is 17.9. The van der Waals surface area contributed by atoms with Crippen LogP contribution in [0.15, 0.2) is 36.7 Å². The quantitative estimate of drug-likeness (QED) is 0.596. The Labute approximate surface area is 174 Å². The van der Waals surface area contributed by atoms with Gasteiger partial charge in [0.1, 0.15) is 5.82 Å². The predicted molar refractivity (Wildman–Crippen MR) is 112 cm³/mol. The molecule has 1 amide bonds. The fourth-order valence-corrected chi connectivity index (χ4v) is 3.82. The molecule has 0 unspecified atom stereocenters. The molecule has 1 aliphatic heterocycles. The van der Waals surface area contributed by atoms with Crippen molar-refractivity contribution >= 4 is 24.0 Å². The highest BCUT2D eigenvalue weighted by Crippen LogP contribution is 2.38. The van der Waals surface area contributed by atoms with Crippen molar-refractivity contribution in [2.75, 3.05) is 18.4 Å². The first-order valence-electron chi connectivity index (χ1n) is 9.70. The first-order valence-corrected chi connectivity index (χ1v) is 9.70. The Bertz CT molecular complexity index is 992. The number of anilines is 1. The molecule has 1 aromatic carbocycles. The number of rotatable bonds is 5. The summed E-state index contributed by atoms with van der Waals surface area (Å²) in [5.41, 5.74) is 2.82. The average Bonchev–Trinajstić information content (AvgIpc) is 3.11. The van der Waals surface area contributed by atoms with Gasteiger partial charge >= 0.3 is 0 Å². The number of aryl methyl sites for hydroxylation is 1. The monoisotopic (exact) mass is 413 g/mol. The normalized spacial score (nSPS) is 21.0. The van der Waals surface area contributed by atoms with E-state index in [2.05, 4.69) is 30.9 Å². The van der Waals surface area contributed by atoms with E-state index >= 15 is 0 Å². The number of H-pyrrole nitrogens is 1. The number of aromatic amines is 1. The average molecular weight is 414 g/mol. The van der Waals surface area contributed by atoms with E-state index in [4.69, 9.17) is 0 Å². The fraction of sp³-hybridized carbons (Fsp3) is 0.400. The van der Waals surface area contributed by atoms with E-state index in [1.807, 2.05) is 43.7 Å². The molecule has 2 fully saturated rings. The number of carbonyl (C=O) groups excluding carboxylic acids is 1. The molecule has 8 nitrogen and oxygen atoms in total. The summed E-state index contributed by atoms with van der Waals surface area (Å²) in [5.74, 6) is 2.28. The first kappa shape index (κ1) is 19.6. The lowest BCUT2D eigenvalue weighted by Gasteiger charge is -2.17. The van der Waals surface area contributed by atoms with Crippen LogP contribution in [0.3, 0.4) is 0 Å². The lowest BCUT2D eigenvalue weighted by molar-refractivity contribution is -0.119. The van der Waals surface area contributed by atoms with Crippen LogP contribution >= 0.6 is 12.4 Å². The van der Waals surface area contributed by atoms with Gasteiger partial charge in [-0.15, -0.1) is 12.4 Å². The minimum atomic E-state index is -0.113. The molecular formula is C20H24ClN7O. The van der Waals surface area contributed by atoms with Gasteiger partial charge in [0.15, 0.2) is 5.82 Å². The van der Waals surface area contributed by atoms with Crippen LogP contribution in [0.25, 0.3) is 11.4 Å². The number of nitrogens with one attached hydrogen (secondary N) is 3. The molecule has 1 saturated carbocycles. The summed E-state index contributed by atoms with van der Waals surface area (Å²) in [6.07, 6.45) is 6.21. The molecule has 0 bridgehead atoms. The largest absolute Gasteiger partial charge is 0.326 e. The second-order valence-electron chi connectivity index (χ2n) is 7.70. The number of halogens is 1. The van der Waals surface area contributed by atoms with Gasteiger partial charge in [0.25, 0.3) is 0 Å².